The molecule has 3 heterocycles. The highest BCUT2D eigenvalue weighted by molar-refractivity contribution is 5.85. The fourth-order valence-corrected chi connectivity index (χ4v) is 4.11. The van der Waals surface area contributed by atoms with Gasteiger partial charge in [0.1, 0.15) is 5.69 Å². The Balaban J connectivity index is 1.70. The largest absolute Gasteiger partial charge is 0.433 e. The molecule has 0 amide bonds. The Labute approximate surface area is 156 Å². The van der Waals surface area contributed by atoms with E-state index in [-0.39, 0.29) is 5.56 Å². The van der Waals surface area contributed by atoms with E-state index >= 15 is 0 Å². The topological polar surface area (TPSA) is 21.1 Å². The normalized spacial score (nSPS) is 15.3. The van der Waals surface area contributed by atoms with Crippen molar-refractivity contribution in [1.82, 2.24) is 14.5 Å². The van der Waals surface area contributed by atoms with Gasteiger partial charge < -0.3 is 4.57 Å². The lowest BCUT2D eigenvalue weighted by molar-refractivity contribution is -0.141. The Morgan fingerprint density at radius 3 is 2.70 bits per heavy atom. The summed E-state index contributed by atoms with van der Waals surface area (Å²) in [7, 11) is 0. The first-order valence-corrected chi connectivity index (χ1v) is 9.31. The number of hydrogen-bond acceptors (Lipinski definition) is 2. The number of benzene rings is 1. The summed E-state index contributed by atoms with van der Waals surface area (Å²) in [5.41, 5.74) is 3.17. The first-order valence-electron chi connectivity index (χ1n) is 9.31. The lowest BCUT2D eigenvalue weighted by Crippen LogP contribution is -2.30. The van der Waals surface area contributed by atoms with Crippen LogP contribution in [-0.4, -0.2) is 27.5 Å². The first kappa shape index (κ1) is 18.0. The highest BCUT2D eigenvalue weighted by atomic mass is 19.4. The number of likely N-dealkylation sites (N-methyl/N-ethyl adjacent to an activating group) is 1. The van der Waals surface area contributed by atoms with Gasteiger partial charge in [0.2, 0.25) is 0 Å². The predicted molar refractivity (Wildman–Crippen MR) is 99.5 cm³/mol. The van der Waals surface area contributed by atoms with Crippen LogP contribution in [0.1, 0.15) is 29.4 Å². The SMILES string of the molecule is CCN1CCc2c(c3ccccc3n2CCc2cccnc2C(F)(F)F)C1. The molecule has 1 aliphatic heterocycles. The molecule has 6 heteroatoms. The monoisotopic (exact) mass is 373 g/mol. The minimum Gasteiger partial charge on any atom is -0.344 e. The van der Waals surface area contributed by atoms with Crippen LogP contribution in [0.15, 0.2) is 42.6 Å². The van der Waals surface area contributed by atoms with Crippen LogP contribution in [0.5, 0.6) is 0 Å². The molecule has 0 aliphatic carbocycles. The van der Waals surface area contributed by atoms with E-state index in [9.17, 15) is 13.2 Å². The molecule has 0 atom stereocenters. The Morgan fingerprint density at radius 2 is 1.93 bits per heavy atom. The number of para-hydroxylation sites is 1. The Morgan fingerprint density at radius 1 is 1.11 bits per heavy atom. The Hall–Kier alpha value is -2.34. The molecule has 1 aromatic carbocycles. The van der Waals surface area contributed by atoms with Gasteiger partial charge >= 0.3 is 6.18 Å². The van der Waals surface area contributed by atoms with Gasteiger partial charge in [-0.1, -0.05) is 31.2 Å². The molecule has 1 aliphatic rings. The van der Waals surface area contributed by atoms with Gasteiger partial charge in [0.15, 0.2) is 0 Å². The number of fused-ring (bicyclic) bond motifs is 3. The quantitative estimate of drug-likeness (QED) is 0.662. The van der Waals surface area contributed by atoms with Crippen molar-refractivity contribution in [3.8, 4) is 0 Å². The van der Waals surface area contributed by atoms with Crippen LogP contribution in [-0.2, 0) is 32.1 Å². The van der Waals surface area contributed by atoms with Crippen LogP contribution in [0.25, 0.3) is 10.9 Å². The third-order valence-electron chi connectivity index (χ3n) is 5.45. The molecule has 27 heavy (non-hydrogen) atoms. The fourth-order valence-electron chi connectivity index (χ4n) is 4.11. The molecule has 3 nitrogen and oxygen atoms in total. The highest BCUT2D eigenvalue weighted by Gasteiger charge is 2.35. The Bertz CT molecular complexity index is 959. The lowest BCUT2D eigenvalue weighted by atomic mass is 10.0. The Kier molecular flexibility index (Phi) is 4.68. The molecule has 4 rings (SSSR count). The van der Waals surface area contributed by atoms with E-state index in [2.05, 4.69) is 33.5 Å². The van der Waals surface area contributed by atoms with Crippen LogP contribution in [0.3, 0.4) is 0 Å². The zero-order valence-electron chi connectivity index (χ0n) is 15.3. The maximum absolute atomic E-state index is 13.2. The molecule has 0 unspecified atom stereocenters. The third kappa shape index (κ3) is 3.34. The van der Waals surface area contributed by atoms with Crippen LogP contribution < -0.4 is 0 Å². The van der Waals surface area contributed by atoms with Gasteiger partial charge in [-0.3, -0.25) is 9.88 Å². The summed E-state index contributed by atoms with van der Waals surface area (Å²) >= 11 is 0. The molecular weight excluding hydrogens is 351 g/mol. The van der Waals surface area contributed by atoms with Crippen LogP contribution >= 0.6 is 0 Å². The molecule has 0 radical (unpaired) electrons. The summed E-state index contributed by atoms with van der Waals surface area (Å²) < 4.78 is 42.0. The van der Waals surface area contributed by atoms with Gasteiger partial charge in [0.05, 0.1) is 0 Å². The van der Waals surface area contributed by atoms with Gasteiger partial charge in [-0.05, 0) is 36.2 Å². The van der Waals surface area contributed by atoms with Crippen molar-refractivity contribution in [2.75, 3.05) is 13.1 Å². The summed E-state index contributed by atoms with van der Waals surface area (Å²) in [6.45, 7) is 5.58. The average Bonchev–Trinajstić information content (AvgIpc) is 2.99. The molecule has 0 spiro atoms. The maximum Gasteiger partial charge on any atom is 0.433 e. The molecule has 0 bridgehead atoms. The highest BCUT2D eigenvalue weighted by Crippen LogP contribution is 2.33. The summed E-state index contributed by atoms with van der Waals surface area (Å²) in [5, 5.41) is 1.22. The van der Waals surface area contributed by atoms with Crippen molar-refractivity contribution < 1.29 is 13.2 Å². The number of hydrogen-bond donors (Lipinski definition) is 0. The fraction of sp³-hybridized carbons (Fsp3) is 0.381. The first-order chi connectivity index (χ1) is 13.0. The zero-order chi connectivity index (χ0) is 19.0. The van der Waals surface area contributed by atoms with E-state index in [0.29, 0.717) is 13.0 Å². The number of nitrogens with zero attached hydrogens (tertiary/aromatic N) is 3. The molecule has 142 valence electrons. The number of alkyl halides is 3. The van der Waals surface area contributed by atoms with Crippen LogP contribution in [0.2, 0.25) is 0 Å². The van der Waals surface area contributed by atoms with Crippen molar-refractivity contribution in [2.45, 2.75) is 39.0 Å². The van der Waals surface area contributed by atoms with Gasteiger partial charge in [-0.25, -0.2) is 0 Å². The second-order valence-corrected chi connectivity index (χ2v) is 6.97. The summed E-state index contributed by atoms with van der Waals surface area (Å²) in [6.07, 6.45) is -1.97. The van der Waals surface area contributed by atoms with Gasteiger partial charge in [0.25, 0.3) is 0 Å². The van der Waals surface area contributed by atoms with Crippen molar-refractivity contribution in [2.24, 2.45) is 0 Å². The summed E-state index contributed by atoms with van der Waals surface area (Å²) in [5.74, 6) is 0. The summed E-state index contributed by atoms with van der Waals surface area (Å²) in [4.78, 5) is 5.98. The van der Waals surface area contributed by atoms with Crippen molar-refractivity contribution in [1.29, 1.82) is 0 Å². The zero-order valence-corrected chi connectivity index (χ0v) is 15.3. The van der Waals surface area contributed by atoms with Gasteiger partial charge in [0, 0.05) is 48.8 Å². The number of aromatic nitrogens is 2. The van der Waals surface area contributed by atoms with E-state index in [1.54, 1.807) is 6.07 Å². The molecular formula is C21H22F3N3. The van der Waals surface area contributed by atoms with Crippen LogP contribution in [0, 0.1) is 0 Å². The smallest absolute Gasteiger partial charge is 0.344 e. The van der Waals surface area contributed by atoms with Gasteiger partial charge in [-0.2, -0.15) is 13.2 Å². The van der Waals surface area contributed by atoms with Gasteiger partial charge in [-0.15, -0.1) is 0 Å². The van der Waals surface area contributed by atoms with E-state index < -0.39 is 11.9 Å². The van der Waals surface area contributed by atoms with E-state index in [0.717, 1.165) is 31.6 Å². The molecule has 0 N–H and O–H groups in total. The second-order valence-electron chi connectivity index (χ2n) is 6.97. The van der Waals surface area contributed by atoms with E-state index in [1.165, 1.54) is 28.9 Å². The minimum atomic E-state index is -4.42. The molecule has 2 aromatic heterocycles. The maximum atomic E-state index is 13.2. The molecule has 0 saturated heterocycles. The van der Waals surface area contributed by atoms with Crippen LogP contribution in [0.4, 0.5) is 13.2 Å². The molecule has 3 aromatic rings. The average molecular weight is 373 g/mol. The van der Waals surface area contributed by atoms with Crippen molar-refractivity contribution in [3.63, 3.8) is 0 Å². The minimum absolute atomic E-state index is 0.252. The number of rotatable bonds is 4. The number of aryl methyl sites for hydroxylation is 2. The van der Waals surface area contributed by atoms with Crippen molar-refractivity contribution >= 4 is 10.9 Å². The van der Waals surface area contributed by atoms with E-state index in [4.69, 9.17) is 0 Å². The predicted octanol–water partition coefficient (Wildman–Crippen LogP) is 4.68. The van der Waals surface area contributed by atoms with E-state index in [1.807, 2.05) is 12.1 Å². The van der Waals surface area contributed by atoms with Crippen molar-refractivity contribution in [3.05, 3.63) is 65.1 Å². The second kappa shape index (κ2) is 7.00. The summed E-state index contributed by atoms with van der Waals surface area (Å²) in [6, 6.07) is 11.3. The number of pyridine rings is 1. The third-order valence-corrected chi connectivity index (χ3v) is 5.45. The number of halogens is 3. The standard InChI is InChI=1S/C21H22F3N3/c1-2-26-12-10-19-17(14-26)16-7-3-4-8-18(16)27(19)13-9-15-6-5-11-25-20(15)21(22,23)24/h3-8,11H,2,9-10,12-14H2,1H3. The molecule has 0 saturated carbocycles. The molecule has 0 fully saturated rings. The lowest BCUT2D eigenvalue weighted by Gasteiger charge is -2.27.